The Bertz CT molecular complexity index is 756. The first-order chi connectivity index (χ1) is 11.9. The molecule has 1 atom stereocenters. The fourth-order valence-electron chi connectivity index (χ4n) is 2.30. The summed E-state index contributed by atoms with van der Waals surface area (Å²) in [6.45, 7) is 6.69. The molecule has 0 unspecified atom stereocenters. The maximum absolute atomic E-state index is 12.6. The van der Waals surface area contributed by atoms with E-state index in [2.05, 4.69) is 18.9 Å². The molecule has 6 nitrogen and oxygen atoms in total. The molecule has 25 heavy (non-hydrogen) atoms. The van der Waals surface area contributed by atoms with Gasteiger partial charge in [0.1, 0.15) is 18.1 Å². The molecule has 1 aromatic carbocycles. The number of rotatable bonds is 7. The van der Waals surface area contributed by atoms with Crippen molar-refractivity contribution >= 4 is 5.91 Å². The van der Waals surface area contributed by atoms with E-state index in [1.54, 1.807) is 11.9 Å². The fourth-order valence-corrected chi connectivity index (χ4v) is 2.30. The molecule has 0 fully saturated rings. The smallest absolute Gasteiger partial charge is 0.274 e. The largest absolute Gasteiger partial charge is 0.492 e. The van der Waals surface area contributed by atoms with Crippen LogP contribution in [0.5, 0.6) is 5.75 Å². The first-order valence-corrected chi connectivity index (χ1v) is 8.43. The van der Waals surface area contributed by atoms with Crippen molar-refractivity contribution in [2.75, 3.05) is 13.7 Å². The highest BCUT2D eigenvalue weighted by molar-refractivity contribution is 5.92. The summed E-state index contributed by atoms with van der Waals surface area (Å²) in [5, 5.41) is 4.20. The Morgan fingerprint density at radius 1 is 1.16 bits per heavy atom. The van der Waals surface area contributed by atoms with Gasteiger partial charge < -0.3 is 9.64 Å². The molecule has 1 aromatic heterocycles. The molecule has 0 bridgehead atoms. The standard InChI is InChI=1S/C19H25N3O3/c1-14(2)15(3)21(4)19(24)17-10-11-18(23)22(20-17)12-13-25-16-8-6-5-7-9-16/h5-11,14-15H,12-13H2,1-4H3/t15-/m1/s1. The number of carbonyl (C=O) groups is 1. The molecular weight excluding hydrogens is 318 g/mol. The lowest BCUT2D eigenvalue weighted by Crippen LogP contribution is -2.39. The second-order valence-corrected chi connectivity index (χ2v) is 6.34. The Kier molecular flexibility index (Phi) is 6.33. The van der Waals surface area contributed by atoms with Crippen molar-refractivity contribution < 1.29 is 9.53 Å². The highest BCUT2D eigenvalue weighted by Crippen LogP contribution is 2.11. The predicted octanol–water partition coefficient (Wildman–Crippen LogP) is 2.44. The molecule has 1 amide bonds. The molecule has 0 saturated carbocycles. The Labute approximate surface area is 148 Å². The van der Waals surface area contributed by atoms with E-state index in [-0.39, 0.29) is 29.7 Å². The van der Waals surface area contributed by atoms with Gasteiger partial charge >= 0.3 is 0 Å². The van der Waals surface area contributed by atoms with Gasteiger partial charge in [-0.25, -0.2) is 4.68 Å². The summed E-state index contributed by atoms with van der Waals surface area (Å²) in [7, 11) is 1.75. The van der Waals surface area contributed by atoms with Crippen LogP contribution in [0, 0.1) is 5.92 Å². The molecule has 0 radical (unpaired) electrons. The van der Waals surface area contributed by atoms with E-state index in [0.29, 0.717) is 12.5 Å². The van der Waals surface area contributed by atoms with Crippen LogP contribution in [0.4, 0.5) is 0 Å². The van der Waals surface area contributed by atoms with E-state index >= 15 is 0 Å². The number of ether oxygens (including phenoxy) is 1. The van der Waals surface area contributed by atoms with Crippen molar-refractivity contribution in [3.05, 3.63) is 58.5 Å². The van der Waals surface area contributed by atoms with Gasteiger partial charge in [-0.15, -0.1) is 0 Å². The average molecular weight is 343 g/mol. The zero-order valence-corrected chi connectivity index (χ0v) is 15.2. The number of para-hydroxylation sites is 1. The monoisotopic (exact) mass is 343 g/mol. The first-order valence-electron chi connectivity index (χ1n) is 8.43. The lowest BCUT2D eigenvalue weighted by molar-refractivity contribution is 0.0697. The Morgan fingerprint density at radius 3 is 2.48 bits per heavy atom. The quantitative estimate of drug-likeness (QED) is 0.774. The zero-order valence-electron chi connectivity index (χ0n) is 15.2. The van der Waals surface area contributed by atoms with E-state index in [9.17, 15) is 9.59 Å². The third kappa shape index (κ3) is 4.92. The van der Waals surface area contributed by atoms with E-state index in [0.717, 1.165) is 5.75 Å². The molecular formula is C19H25N3O3. The molecule has 0 aliphatic carbocycles. The number of hydrogen-bond donors (Lipinski definition) is 0. The number of amides is 1. The Morgan fingerprint density at radius 2 is 1.84 bits per heavy atom. The van der Waals surface area contributed by atoms with Crippen LogP contribution >= 0.6 is 0 Å². The second-order valence-electron chi connectivity index (χ2n) is 6.34. The summed E-state index contributed by atoms with van der Waals surface area (Å²) in [5.74, 6) is 0.867. The number of hydrogen-bond acceptors (Lipinski definition) is 4. The second kappa shape index (κ2) is 8.46. The van der Waals surface area contributed by atoms with Gasteiger partial charge in [0.25, 0.3) is 11.5 Å². The molecule has 6 heteroatoms. The highest BCUT2D eigenvalue weighted by atomic mass is 16.5. The molecule has 2 rings (SSSR count). The number of nitrogens with zero attached hydrogens (tertiary/aromatic N) is 3. The van der Waals surface area contributed by atoms with Crippen LogP contribution < -0.4 is 10.3 Å². The third-order valence-corrected chi connectivity index (χ3v) is 4.30. The minimum absolute atomic E-state index is 0.0797. The first kappa shape index (κ1) is 18.7. The van der Waals surface area contributed by atoms with Crippen LogP contribution in [-0.2, 0) is 6.54 Å². The average Bonchev–Trinajstić information content (AvgIpc) is 2.62. The van der Waals surface area contributed by atoms with Crippen LogP contribution in [0.15, 0.2) is 47.3 Å². The summed E-state index contributed by atoms with van der Waals surface area (Å²) in [6.07, 6.45) is 0. The molecule has 0 aliphatic rings. The molecule has 0 saturated heterocycles. The van der Waals surface area contributed by atoms with Crippen LogP contribution in [-0.4, -0.2) is 40.3 Å². The summed E-state index contributed by atoms with van der Waals surface area (Å²) in [6, 6.07) is 12.3. The molecule has 0 N–H and O–H groups in total. The van der Waals surface area contributed by atoms with Crippen LogP contribution in [0.1, 0.15) is 31.3 Å². The summed E-state index contributed by atoms with van der Waals surface area (Å²) in [5.41, 5.74) is 0.00193. The SMILES string of the molecule is CC(C)[C@@H](C)N(C)C(=O)c1ccc(=O)n(CCOc2ccccc2)n1. The predicted molar refractivity (Wildman–Crippen MR) is 96.8 cm³/mol. The molecule has 134 valence electrons. The topological polar surface area (TPSA) is 64.4 Å². The van der Waals surface area contributed by atoms with Gasteiger partial charge in [0.15, 0.2) is 0 Å². The van der Waals surface area contributed by atoms with E-state index in [1.807, 2.05) is 37.3 Å². The van der Waals surface area contributed by atoms with Gasteiger partial charge in [0.05, 0.1) is 6.54 Å². The van der Waals surface area contributed by atoms with E-state index in [4.69, 9.17) is 4.74 Å². The van der Waals surface area contributed by atoms with Crippen molar-refractivity contribution in [1.82, 2.24) is 14.7 Å². The normalized spacial score (nSPS) is 12.0. The van der Waals surface area contributed by atoms with Gasteiger partial charge in [-0.05, 0) is 31.0 Å². The molecule has 0 spiro atoms. The van der Waals surface area contributed by atoms with E-state index < -0.39 is 0 Å². The van der Waals surface area contributed by atoms with Crippen molar-refractivity contribution in [3.63, 3.8) is 0 Å². The maximum atomic E-state index is 12.6. The fraction of sp³-hybridized carbons (Fsp3) is 0.421. The summed E-state index contributed by atoms with van der Waals surface area (Å²) >= 11 is 0. The molecule has 0 aliphatic heterocycles. The van der Waals surface area contributed by atoms with Crippen LogP contribution in [0.25, 0.3) is 0 Å². The molecule has 2 aromatic rings. The van der Waals surface area contributed by atoms with Crippen molar-refractivity contribution in [3.8, 4) is 5.75 Å². The number of benzene rings is 1. The lowest BCUT2D eigenvalue weighted by Gasteiger charge is -2.27. The Balaban J connectivity index is 2.06. The van der Waals surface area contributed by atoms with Gasteiger partial charge in [-0.2, -0.15) is 5.10 Å². The van der Waals surface area contributed by atoms with Gasteiger partial charge in [-0.3, -0.25) is 9.59 Å². The van der Waals surface area contributed by atoms with Crippen LogP contribution in [0.3, 0.4) is 0 Å². The van der Waals surface area contributed by atoms with Gasteiger partial charge in [-0.1, -0.05) is 32.0 Å². The van der Waals surface area contributed by atoms with Gasteiger partial charge in [0.2, 0.25) is 0 Å². The Hall–Kier alpha value is -2.63. The summed E-state index contributed by atoms with van der Waals surface area (Å²) < 4.78 is 6.86. The minimum Gasteiger partial charge on any atom is -0.492 e. The number of aromatic nitrogens is 2. The maximum Gasteiger partial charge on any atom is 0.274 e. The third-order valence-electron chi connectivity index (χ3n) is 4.30. The van der Waals surface area contributed by atoms with Crippen molar-refractivity contribution in [2.45, 2.75) is 33.4 Å². The van der Waals surface area contributed by atoms with E-state index in [1.165, 1.54) is 16.8 Å². The van der Waals surface area contributed by atoms with Crippen molar-refractivity contribution in [2.24, 2.45) is 5.92 Å². The lowest BCUT2D eigenvalue weighted by atomic mass is 10.1. The van der Waals surface area contributed by atoms with Crippen molar-refractivity contribution in [1.29, 1.82) is 0 Å². The highest BCUT2D eigenvalue weighted by Gasteiger charge is 2.21. The number of carbonyl (C=O) groups excluding carboxylic acids is 1. The zero-order chi connectivity index (χ0) is 18.4. The van der Waals surface area contributed by atoms with Crippen LogP contribution in [0.2, 0.25) is 0 Å². The molecule has 1 heterocycles. The summed E-state index contributed by atoms with van der Waals surface area (Å²) in [4.78, 5) is 26.2. The van der Waals surface area contributed by atoms with Gasteiger partial charge in [0, 0.05) is 19.2 Å². The minimum atomic E-state index is -0.257.